The molecule has 0 radical (unpaired) electrons. The molecule has 0 unspecified atom stereocenters. The molecule has 4 heteroatoms. The minimum Gasteiger partial charge on any atom is -0.497 e. The second-order valence-corrected chi connectivity index (χ2v) is 5.87. The van der Waals surface area contributed by atoms with Crippen LogP contribution in [-0.2, 0) is 6.42 Å². The van der Waals surface area contributed by atoms with Gasteiger partial charge in [-0.3, -0.25) is 4.79 Å². The smallest absolute Gasteiger partial charge is 0.189 e. The highest BCUT2D eigenvalue weighted by Crippen LogP contribution is 2.32. The Labute approximate surface area is 148 Å². The highest BCUT2D eigenvalue weighted by atomic mass is 16.5. The maximum Gasteiger partial charge on any atom is 0.189 e. The summed E-state index contributed by atoms with van der Waals surface area (Å²) in [7, 11) is 3.25. The molecule has 130 valence electrons. The molecule has 0 N–H and O–H groups in total. The van der Waals surface area contributed by atoms with E-state index in [1.54, 1.807) is 14.2 Å². The Morgan fingerprint density at radius 1 is 1.00 bits per heavy atom. The summed E-state index contributed by atoms with van der Waals surface area (Å²) in [6.45, 7) is 2.51. The van der Waals surface area contributed by atoms with Crippen molar-refractivity contribution in [2.75, 3.05) is 20.8 Å². The van der Waals surface area contributed by atoms with E-state index in [1.165, 1.54) is 0 Å². The van der Waals surface area contributed by atoms with E-state index >= 15 is 0 Å². The van der Waals surface area contributed by atoms with Crippen LogP contribution < -0.4 is 14.2 Å². The number of hydrogen-bond acceptors (Lipinski definition) is 4. The molecule has 0 atom stereocenters. The van der Waals surface area contributed by atoms with Gasteiger partial charge in [-0.1, -0.05) is 6.07 Å². The highest BCUT2D eigenvalue weighted by Gasteiger charge is 2.22. The topological polar surface area (TPSA) is 44.8 Å². The molecule has 2 aromatic carbocycles. The molecule has 1 aliphatic rings. The number of Topliss-reactive ketones (excluding diaryl/α,β-unsaturated/α-hetero) is 1. The van der Waals surface area contributed by atoms with Crippen LogP contribution in [0.5, 0.6) is 17.2 Å². The van der Waals surface area contributed by atoms with Gasteiger partial charge >= 0.3 is 0 Å². The van der Waals surface area contributed by atoms with Gasteiger partial charge in [-0.05, 0) is 67.3 Å². The zero-order valence-electron chi connectivity index (χ0n) is 14.8. The van der Waals surface area contributed by atoms with Crippen LogP contribution in [0.4, 0.5) is 0 Å². The van der Waals surface area contributed by atoms with Crippen LogP contribution in [0.25, 0.3) is 6.08 Å². The van der Waals surface area contributed by atoms with Crippen molar-refractivity contribution >= 4 is 11.9 Å². The average molecular weight is 338 g/mol. The Kier molecular flexibility index (Phi) is 5.08. The molecule has 0 aliphatic heterocycles. The summed E-state index contributed by atoms with van der Waals surface area (Å²) in [5.41, 5.74) is 3.55. The van der Waals surface area contributed by atoms with Gasteiger partial charge in [0.25, 0.3) is 0 Å². The van der Waals surface area contributed by atoms with Crippen LogP contribution >= 0.6 is 0 Å². The van der Waals surface area contributed by atoms with Gasteiger partial charge in [0.05, 0.1) is 20.8 Å². The Morgan fingerprint density at radius 2 is 1.84 bits per heavy atom. The summed E-state index contributed by atoms with van der Waals surface area (Å²) in [5, 5.41) is 0. The first-order chi connectivity index (χ1) is 12.2. The summed E-state index contributed by atoms with van der Waals surface area (Å²) in [5.74, 6) is 2.25. The zero-order chi connectivity index (χ0) is 17.8. The van der Waals surface area contributed by atoms with Crippen LogP contribution in [0, 0.1) is 0 Å². The Morgan fingerprint density at radius 3 is 2.56 bits per heavy atom. The van der Waals surface area contributed by atoms with Gasteiger partial charge in [0.1, 0.15) is 5.75 Å². The predicted octanol–water partition coefficient (Wildman–Crippen LogP) is 4.32. The molecule has 0 fully saturated rings. The summed E-state index contributed by atoms with van der Waals surface area (Å²) in [6.07, 6.45) is 3.49. The summed E-state index contributed by atoms with van der Waals surface area (Å²) in [4.78, 5) is 12.8. The molecule has 0 saturated carbocycles. The number of methoxy groups -OCH3 is 2. The second kappa shape index (κ2) is 7.43. The fourth-order valence-electron chi connectivity index (χ4n) is 3.07. The lowest BCUT2D eigenvalue weighted by Crippen LogP contribution is -2.14. The van der Waals surface area contributed by atoms with Crippen molar-refractivity contribution in [3.8, 4) is 17.2 Å². The van der Waals surface area contributed by atoms with Gasteiger partial charge in [-0.2, -0.15) is 0 Å². The van der Waals surface area contributed by atoms with Crippen molar-refractivity contribution in [2.45, 2.75) is 19.8 Å². The third kappa shape index (κ3) is 3.53. The van der Waals surface area contributed by atoms with Crippen LogP contribution in [-0.4, -0.2) is 26.6 Å². The number of hydrogen-bond donors (Lipinski definition) is 0. The molecule has 0 amide bonds. The van der Waals surface area contributed by atoms with Crippen LogP contribution in [0.1, 0.15) is 34.8 Å². The molecular weight excluding hydrogens is 316 g/mol. The Balaban J connectivity index is 1.90. The maximum absolute atomic E-state index is 12.8. The van der Waals surface area contributed by atoms with E-state index in [0.717, 1.165) is 34.4 Å². The van der Waals surface area contributed by atoms with Crippen molar-refractivity contribution in [3.05, 3.63) is 58.7 Å². The van der Waals surface area contributed by atoms with Crippen molar-refractivity contribution < 1.29 is 19.0 Å². The number of rotatable bonds is 5. The second-order valence-electron chi connectivity index (χ2n) is 5.87. The normalized spacial score (nSPS) is 15.0. The molecule has 0 spiro atoms. The molecule has 0 bridgehead atoms. The first-order valence-electron chi connectivity index (χ1n) is 8.39. The number of carbonyl (C=O) groups excluding carboxylic acids is 1. The molecule has 0 heterocycles. The van der Waals surface area contributed by atoms with Gasteiger partial charge < -0.3 is 14.2 Å². The number of fused-ring (bicyclic) bond motifs is 1. The molecule has 4 nitrogen and oxygen atoms in total. The average Bonchev–Trinajstić information content (AvgIpc) is 2.65. The molecule has 0 saturated heterocycles. The number of benzene rings is 2. The van der Waals surface area contributed by atoms with Gasteiger partial charge in [0.2, 0.25) is 0 Å². The van der Waals surface area contributed by atoms with Gasteiger partial charge in [0.15, 0.2) is 17.3 Å². The first-order valence-corrected chi connectivity index (χ1v) is 8.39. The zero-order valence-corrected chi connectivity index (χ0v) is 14.8. The Hall–Kier alpha value is -2.75. The number of ketones is 1. The summed E-state index contributed by atoms with van der Waals surface area (Å²) in [6, 6.07) is 11.3. The quantitative estimate of drug-likeness (QED) is 0.762. The largest absolute Gasteiger partial charge is 0.497 e. The third-order valence-electron chi connectivity index (χ3n) is 4.34. The molecule has 25 heavy (non-hydrogen) atoms. The molecule has 1 aliphatic carbocycles. The van der Waals surface area contributed by atoms with Crippen LogP contribution in [0.3, 0.4) is 0 Å². The number of ether oxygens (including phenoxy) is 3. The van der Waals surface area contributed by atoms with Gasteiger partial charge in [0, 0.05) is 11.1 Å². The van der Waals surface area contributed by atoms with Crippen LogP contribution in [0.2, 0.25) is 0 Å². The lowest BCUT2D eigenvalue weighted by Gasteiger charge is -2.18. The van der Waals surface area contributed by atoms with Crippen molar-refractivity contribution in [3.63, 3.8) is 0 Å². The minimum absolute atomic E-state index is 0.0803. The Bertz CT molecular complexity index is 821. The predicted molar refractivity (Wildman–Crippen MR) is 97.8 cm³/mol. The van der Waals surface area contributed by atoms with Gasteiger partial charge in [-0.25, -0.2) is 0 Å². The van der Waals surface area contributed by atoms with Crippen molar-refractivity contribution in [1.82, 2.24) is 0 Å². The van der Waals surface area contributed by atoms with E-state index in [1.807, 2.05) is 49.4 Å². The lowest BCUT2D eigenvalue weighted by atomic mass is 9.86. The standard InChI is InChI=1S/C21H22O4/c1-4-25-19-10-5-14(12-20(19)24-3)11-16-7-6-15-13-17(23-2)8-9-18(15)21(16)22/h5,8-13H,4,6-7H2,1-3H3. The summed E-state index contributed by atoms with van der Waals surface area (Å²) < 4.78 is 16.2. The third-order valence-corrected chi connectivity index (χ3v) is 4.34. The van der Waals surface area contributed by atoms with E-state index < -0.39 is 0 Å². The first kappa shape index (κ1) is 17.1. The summed E-state index contributed by atoms with van der Waals surface area (Å²) >= 11 is 0. The fraction of sp³-hybridized carbons (Fsp3) is 0.286. The SMILES string of the molecule is CCOc1ccc(C=C2CCc3cc(OC)ccc3C2=O)cc1OC. The van der Waals surface area contributed by atoms with E-state index in [9.17, 15) is 4.79 Å². The van der Waals surface area contributed by atoms with Crippen molar-refractivity contribution in [2.24, 2.45) is 0 Å². The van der Waals surface area contributed by atoms with Crippen LogP contribution in [0.15, 0.2) is 42.0 Å². The molecular formula is C21H22O4. The number of allylic oxidation sites excluding steroid dienone is 1. The van der Waals surface area contributed by atoms with Crippen molar-refractivity contribution in [1.29, 1.82) is 0 Å². The van der Waals surface area contributed by atoms with Gasteiger partial charge in [-0.15, -0.1) is 0 Å². The minimum atomic E-state index is 0.0803. The van der Waals surface area contributed by atoms with E-state index in [0.29, 0.717) is 24.5 Å². The highest BCUT2D eigenvalue weighted by molar-refractivity contribution is 6.13. The van der Waals surface area contributed by atoms with E-state index in [2.05, 4.69) is 0 Å². The monoisotopic (exact) mass is 338 g/mol. The number of aryl methyl sites for hydroxylation is 1. The lowest BCUT2D eigenvalue weighted by molar-refractivity contribution is 0.102. The fourth-order valence-corrected chi connectivity index (χ4v) is 3.07. The maximum atomic E-state index is 12.8. The van der Waals surface area contributed by atoms with E-state index in [4.69, 9.17) is 14.2 Å². The van der Waals surface area contributed by atoms with E-state index in [-0.39, 0.29) is 5.78 Å². The molecule has 3 rings (SSSR count). The number of carbonyl (C=O) groups is 1. The molecule has 0 aromatic heterocycles. The molecule has 2 aromatic rings.